The lowest BCUT2D eigenvalue weighted by Gasteiger charge is -2.38. The van der Waals surface area contributed by atoms with Crippen molar-refractivity contribution < 1.29 is 17.9 Å². The Hall–Kier alpha value is -1.02. The van der Waals surface area contributed by atoms with Gasteiger partial charge in [0.2, 0.25) is 10.0 Å². The van der Waals surface area contributed by atoms with Crippen LogP contribution in [0.2, 0.25) is 0 Å². The lowest BCUT2D eigenvalue weighted by Crippen LogP contribution is -2.50. The molecule has 0 aromatic carbocycles. The molecule has 0 radical (unpaired) electrons. The Balaban J connectivity index is 1.76. The molecular formula is C15H22N2O4S. The van der Waals surface area contributed by atoms with E-state index in [1.807, 2.05) is 6.92 Å². The van der Waals surface area contributed by atoms with Gasteiger partial charge in [-0.3, -0.25) is 4.98 Å². The monoisotopic (exact) mass is 326 g/mol. The third-order valence-corrected chi connectivity index (χ3v) is 6.18. The molecule has 0 saturated carbocycles. The molecule has 0 unspecified atom stereocenters. The van der Waals surface area contributed by atoms with E-state index in [0.717, 1.165) is 19.3 Å². The highest BCUT2D eigenvalue weighted by atomic mass is 32.2. The van der Waals surface area contributed by atoms with Gasteiger partial charge in [-0.2, -0.15) is 4.31 Å². The first-order chi connectivity index (χ1) is 10.6. The molecule has 1 spiro atoms. The molecule has 1 aromatic rings. The van der Waals surface area contributed by atoms with Crippen molar-refractivity contribution in [1.29, 1.82) is 0 Å². The van der Waals surface area contributed by atoms with Gasteiger partial charge in [0, 0.05) is 38.5 Å². The summed E-state index contributed by atoms with van der Waals surface area (Å²) in [6, 6.07) is 3.23. The molecule has 6 nitrogen and oxygen atoms in total. The second kappa shape index (κ2) is 6.23. The molecule has 0 amide bonds. The molecule has 3 heterocycles. The number of piperidine rings is 1. The third kappa shape index (κ3) is 3.03. The lowest BCUT2D eigenvalue weighted by atomic mass is 9.90. The van der Waals surface area contributed by atoms with Crippen molar-refractivity contribution >= 4 is 10.0 Å². The second-order valence-corrected chi connectivity index (χ2v) is 7.84. The predicted octanol–water partition coefficient (Wildman–Crippen LogP) is 1.43. The van der Waals surface area contributed by atoms with Gasteiger partial charge in [0.15, 0.2) is 0 Å². The summed E-state index contributed by atoms with van der Waals surface area (Å²) in [5, 5.41) is 0. The van der Waals surface area contributed by atoms with Crippen LogP contribution in [0.25, 0.3) is 0 Å². The van der Waals surface area contributed by atoms with E-state index in [9.17, 15) is 8.42 Å². The predicted molar refractivity (Wildman–Crippen MR) is 80.9 cm³/mol. The Morgan fingerprint density at radius 1 is 1.55 bits per heavy atom. The van der Waals surface area contributed by atoms with Crippen molar-refractivity contribution in [2.75, 3.05) is 26.3 Å². The second-order valence-electron chi connectivity index (χ2n) is 5.91. The van der Waals surface area contributed by atoms with Crippen LogP contribution >= 0.6 is 0 Å². The summed E-state index contributed by atoms with van der Waals surface area (Å²) >= 11 is 0. The number of pyridine rings is 1. The van der Waals surface area contributed by atoms with Crippen molar-refractivity contribution in [2.45, 2.75) is 42.8 Å². The van der Waals surface area contributed by atoms with Crippen LogP contribution in [0.5, 0.6) is 0 Å². The van der Waals surface area contributed by atoms with Gasteiger partial charge in [-0.05, 0) is 31.9 Å². The largest absolute Gasteiger partial charge is 0.376 e. The zero-order valence-corrected chi connectivity index (χ0v) is 13.6. The van der Waals surface area contributed by atoms with Gasteiger partial charge in [0.25, 0.3) is 0 Å². The fourth-order valence-electron chi connectivity index (χ4n) is 3.34. The van der Waals surface area contributed by atoms with Crippen LogP contribution in [-0.4, -0.2) is 55.7 Å². The van der Waals surface area contributed by atoms with Crippen molar-refractivity contribution in [3.05, 3.63) is 24.5 Å². The highest BCUT2D eigenvalue weighted by Gasteiger charge is 2.46. The molecule has 7 heteroatoms. The van der Waals surface area contributed by atoms with Gasteiger partial charge in [-0.1, -0.05) is 0 Å². The Labute approximate surface area is 131 Å². The van der Waals surface area contributed by atoms with Gasteiger partial charge >= 0.3 is 0 Å². The Morgan fingerprint density at radius 3 is 3.14 bits per heavy atom. The van der Waals surface area contributed by atoms with Crippen molar-refractivity contribution in [3.63, 3.8) is 0 Å². The van der Waals surface area contributed by atoms with Crippen LogP contribution in [-0.2, 0) is 19.5 Å². The summed E-state index contributed by atoms with van der Waals surface area (Å²) in [5.74, 6) is 0. The summed E-state index contributed by atoms with van der Waals surface area (Å²) in [6.45, 7) is 4.09. The first-order valence-electron chi connectivity index (χ1n) is 7.71. The minimum absolute atomic E-state index is 0.0750. The van der Waals surface area contributed by atoms with Gasteiger partial charge in [-0.15, -0.1) is 0 Å². The quantitative estimate of drug-likeness (QED) is 0.837. The molecule has 2 saturated heterocycles. The summed E-state index contributed by atoms with van der Waals surface area (Å²) in [7, 11) is -3.51. The molecule has 0 bridgehead atoms. The number of nitrogens with zero attached hydrogens (tertiary/aromatic N) is 2. The topological polar surface area (TPSA) is 68.7 Å². The molecule has 2 aliphatic rings. The van der Waals surface area contributed by atoms with E-state index in [1.165, 1.54) is 10.5 Å². The van der Waals surface area contributed by atoms with Gasteiger partial charge in [0.1, 0.15) is 4.90 Å². The normalized spacial score (nSPS) is 30.0. The lowest BCUT2D eigenvalue weighted by molar-refractivity contribution is -0.0353. The van der Waals surface area contributed by atoms with Crippen LogP contribution < -0.4 is 0 Å². The number of aromatic nitrogens is 1. The van der Waals surface area contributed by atoms with Crippen LogP contribution in [0.3, 0.4) is 0 Å². The van der Waals surface area contributed by atoms with Crippen LogP contribution in [0, 0.1) is 0 Å². The molecule has 0 aliphatic carbocycles. The van der Waals surface area contributed by atoms with Gasteiger partial charge in [0.05, 0.1) is 18.3 Å². The van der Waals surface area contributed by atoms with Gasteiger partial charge in [-0.25, -0.2) is 8.42 Å². The fraction of sp³-hybridized carbons (Fsp3) is 0.667. The molecular weight excluding hydrogens is 304 g/mol. The minimum atomic E-state index is -3.51. The van der Waals surface area contributed by atoms with E-state index < -0.39 is 15.6 Å². The zero-order valence-electron chi connectivity index (χ0n) is 12.8. The average Bonchev–Trinajstić information content (AvgIpc) is 2.91. The Morgan fingerprint density at radius 2 is 2.41 bits per heavy atom. The van der Waals surface area contributed by atoms with E-state index in [-0.39, 0.29) is 11.0 Å². The molecule has 22 heavy (non-hydrogen) atoms. The first kappa shape index (κ1) is 15.9. The Bertz CT molecular complexity index is 607. The molecule has 122 valence electrons. The van der Waals surface area contributed by atoms with Crippen LogP contribution in [0.1, 0.15) is 26.2 Å². The zero-order chi connectivity index (χ0) is 15.6. The average molecular weight is 326 g/mol. The maximum Gasteiger partial charge on any atom is 0.244 e. The standard InChI is InChI=1S/C15H22N2O4S/c1-2-20-13-9-15(21-11-13)6-4-8-17(12-15)22(18,19)14-5-3-7-16-10-14/h3,5,7,10,13H,2,4,6,8-9,11-12H2,1H3/t13-,15-/m0/s1. The fourth-order valence-corrected chi connectivity index (χ4v) is 4.86. The minimum Gasteiger partial charge on any atom is -0.376 e. The molecule has 2 atom stereocenters. The maximum absolute atomic E-state index is 12.7. The van der Waals surface area contributed by atoms with E-state index in [4.69, 9.17) is 9.47 Å². The van der Waals surface area contributed by atoms with E-state index in [1.54, 1.807) is 18.3 Å². The van der Waals surface area contributed by atoms with E-state index in [2.05, 4.69) is 4.98 Å². The van der Waals surface area contributed by atoms with Crippen molar-refractivity contribution in [1.82, 2.24) is 9.29 Å². The number of sulfonamides is 1. The third-order valence-electron chi connectivity index (χ3n) is 4.35. The summed E-state index contributed by atoms with van der Waals surface area (Å²) in [5.41, 5.74) is -0.395. The highest BCUT2D eigenvalue weighted by molar-refractivity contribution is 7.89. The van der Waals surface area contributed by atoms with E-state index >= 15 is 0 Å². The number of rotatable bonds is 4. The molecule has 0 N–H and O–H groups in total. The summed E-state index contributed by atoms with van der Waals surface area (Å²) < 4.78 is 38.6. The SMILES string of the molecule is CCO[C@@H]1CO[C@@]2(CCCN(S(=O)(=O)c3cccnc3)C2)C1. The van der Waals surface area contributed by atoms with Crippen LogP contribution in [0.4, 0.5) is 0 Å². The summed E-state index contributed by atoms with van der Waals surface area (Å²) in [4.78, 5) is 4.16. The molecule has 2 fully saturated rings. The highest BCUT2D eigenvalue weighted by Crippen LogP contribution is 2.37. The number of hydrogen-bond acceptors (Lipinski definition) is 5. The van der Waals surface area contributed by atoms with Crippen molar-refractivity contribution in [2.24, 2.45) is 0 Å². The molecule has 1 aromatic heterocycles. The van der Waals surface area contributed by atoms with E-state index in [0.29, 0.717) is 26.3 Å². The summed E-state index contributed by atoms with van der Waals surface area (Å²) in [6.07, 6.45) is 5.50. The first-order valence-corrected chi connectivity index (χ1v) is 9.15. The molecule has 3 rings (SSSR count). The van der Waals surface area contributed by atoms with Crippen LogP contribution in [0.15, 0.2) is 29.4 Å². The number of hydrogen-bond donors (Lipinski definition) is 0. The van der Waals surface area contributed by atoms with Crippen molar-refractivity contribution in [3.8, 4) is 0 Å². The Kier molecular flexibility index (Phi) is 4.49. The van der Waals surface area contributed by atoms with Gasteiger partial charge < -0.3 is 9.47 Å². The maximum atomic E-state index is 12.7. The molecule has 2 aliphatic heterocycles. The smallest absolute Gasteiger partial charge is 0.244 e. The number of ether oxygens (including phenoxy) is 2.